The Morgan fingerprint density at radius 3 is 2.40 bits per heavy atom. The smallest absolute Gasteiger partial charge is 0.407 e. The largest absolute Gasteiger partial charge is 0.465 e. The zero-order valence-electron chi connectivity index (χ0n) is 25.4. The number of ether oxygens (including phenoxy) is 1. The Hall–Kier alpha value is -2.83. The van der Waals surface area contributed by atoms with Gasteiger partial charge in [0.25, 0.3) is 5.91 Å². The van der Waals surface area contributed by atoms with Crippen LogP contribution in [0.15, 0.2) is 29.2 Å². The van der Waals surface area contributed by atoms with Gasteiger partial charge >= 0.3 is 12.1 Å². The Kier molecular flexibility index (Phi) is 9.77. The van der Waals surface area contributed by atoms with Gasteiger partial charge in [0.2, 0.25) is 0 Å². The van der Waals surface area contributed by atoms with Gasteiger partial charge in [-0.05, 0) is 49.5 Å². The fraction of sp³-hybridized carbons (Fsp3) is 0.419. The highest BCUT2D eigenvalue weighted by Gasteiger charge is 2.44. The molecule has 0 spiro atoms. The first-order valence-corrected chi connectivity index (χ1v) is 17.2. The number of amides is 2. The summed E-state index contributed by atoms with van der Waals surface area (Å²) in [6, 6.07) is 4.79. The zero-order chi connectivity index (χ0) is 32.8. The van der Waals surface area contributed by atoms with E-state index in [9.17, 15) is 19.5 Å². The Bertz CT molecular complexity index is 1670. The summed E-state index contributed by atoms with van der Waals surface area (Å²) >= 11 is 22.5. The fourth-order valence-electron chi connectivity index (χ4n) is 6.12. The average molecular weight is 712 g/mol. The Balaban J connectivity index is 1.45. The third-order valence-corrected chi connectivity index (χ3v) is 10.9. The minimum Gasteiger partial charge on any atom is -0.465 e. The van der Waals surface area contributed by atoms with Crippen LogP contribution in [-0.4, -0.2) is 65.2 Å². The first-order chi connectivity index (χ1) is 21.2. The quantitative estimate of drug-likeness (QED) is 0.186. The lowest BCUT2D eigenvalue weighted by atomic mass is 9.79. The lowest BCUT2D eigenvalue weighted by Gasteiger charge is -2.27. The lowest BCUT2D eigenvalue weighted by molar-refractivity contribution is -0.138. The molecule has 2 fully saturated rings. The third-order valence-electron chi connectivity index (χ3n) is 7.97. The van der Waals surface area contributed by atoms with E-state index in [1.165, 1.54) is 39.7 Å². The van der Waals surface area contributed by atoms with Crippen molar-refractivity contribution in [2.75, 3.05) is 36.5 Å². The monoisotopic (exact) mass is 710 g/mol. The average Bonchev–Trinajstić information content (AvgIpc) is 3.73. The molecule has 2 N–H and O–H groups in total. The number of nitrogens with zero attached hydrogens (tertiary/aromatic N) is 3. The van der Waals surface area contributed by atoms with Crippen LogP contribution >= 0.6 is 57.5 Å². The number of thiophene rings is 1. The number of allylic oxidation sites excluding steroid dienone is 1. The molecule has 0 aliphatic carbocycles. The van der Waals surface area contributed by atoms with E-state index in [0.717, 1.165) is 16.3 Å². The van der Waals surface area contributed by atoms with Crippen LogP contribution in [0.4, 0.5) is 14.9 Å². The number of thiazole rings is 1. The standard InChI is InChI=1S/C31H33Cl3N4O5S2/c1-6-43-28(40)15(2)24(31(3,4)5)23-19(33)9-17(10-20(23)34)26(39)36-29-35-25(22-11-18(32)14-44-22)27(45-29)37-12-16-7-8-38(30(41)42)21(16)13-37/h9-11,14,16,21H,6-8,12-13H2,1-5H3,(H,41,42)(H,35,36,39)/t16-,21+/m0/s1. The van der Waals surface area contributed by atoms with Crippen LogP contribution in [0.1, 0.15) is 57.0 Å². The molecule has 240 valence electrons. The second-order valence-electron chi connectivity index (χ2n) is 12.0. The Morgan fingerprint density at radius 2 is 1.82 bits per heavy atom. The van der Waals surface area contributed by atoms with Gasteiger partial charge in [-0.3, -0.25) is 10.1 Å². The first kappa shape index (κ1) is 33.5. The lowest BCUT2D eigenvalue weighted by Crippen LogP contribution is -2.38. The van der Waals surface area contributed by atoms with Gasteiger partial charge in [0.15, 0.2) is 5.13 Å². The van der Waals surface area contributed by atoms with Gasteiger partial charge in [-0.25, -0.2) is 14.6 Å². The molecule has 2 amide bonds. The van der Waals surface area contributed by atoms with E-state index in [-0.39, 0.29) is 34.2 Å². The van der Waals surface area contributed by atoms with E-state index in [1.54, 1.807) is 13.8 Å². The number of hydrogen-bond donors (Lipinski definition) is 2. The molecule has 2 aromatic heterocycles. The van der Waals surface area contributed by atoms with Crippen molar-refractivity contribution in [1.82, 2.24) is 9.88 Å². The van der Waals surface area contributed by atoms with E-state index in [4.69, 9.17) is 44.5 Å². The van der Waals surface area contributed by atoms with Crippen molar-refractivity contribution in [3.63, 3.8) is 0 Å². The predicted octanol–water partition coefficient (Wildman–Crippen LogP) is 8.66. The van der Waals surface area contributed by atoms with Crippen molar-refractivity contribution in [1.29, 1.82) is 0 Å². The van der Waals surface area contributed by atoms with Crippen molar-refractivity contribution in [3.8, 4) is 10.6 Å². The summed E-state index contributed by atoms with van der Waals surface area (Å²) in [5, 5.41) is 16.6. The van der Waals surface area contributed by atoms with Crippen LogP contribution in [-0.2, 0) is 9.53 Å². The maximum Gasteiger partial charge on any atom is 0.407 e. The van der Waals surface area contributed by atoms with Gasteiger partial charge in [-0.1, -0.05) is 66.9 Å². The topological polar surface area (TPSA) is 112 Å². The van der Waals surface area contributed by atoms with E-state index in [0.29, 0.717) is 52.2 Å². The van der Waals surface area contributed by atoms with Crippen LogP contribution in [0, 0.1) is 11.3 Å². The summed E-state index contributed by atoms with van der Waals surface area (Å²) in [6.45, 7) is 11.3. The number of likely N-dealkylation sites (tertiary alicyclic amines) is 1. The number of hydrogen-bond acceptors (Lipinski definition) is 8. The number of aromatic nitrogens is 1. The van der Waals surface area contributed by atoms with Crippen molar-refractivity contribution >= 4 is 91.2 Å². The molecule has 9 nitrogen and oxygen atoms in total. The summed E-state index contributed by atoms with van der Waals surface area (Å²) in [5.74, 6) is -0.695. The summed E-state index contributed by atoms with van der Waals surface area (Å²) in [6.07, 6.45) is -0.102. The highest BCUT2D eigenvalue weighted by Crippen LogP contribution is 2.46. The van der Waals surface area contributed by atoms with Gasteiger partial charge < -0.3 is 19.6 Å². The summed E-state index contributed by atoms with van der Waals surface area (Å²) in [5.41, 5.74) is 1.87. The maximum absolute atomic E-state index is 13.5. The molecule has 0 radical (unpaired) electrons. The molecule has 2 aliphatic heterocycles. The van der Waals surface area contributed by atoms with Crippen LogP contribution < -0.4 is 10.2 Å². The molecule has 14 heteroatoms. The van der Waals surface area contributed by atoms with Crippen LogP contribution in [0.2, 0.25) is 15.1 Å². The van der Waals surface area contributed by atoms with Gasteiger partial charge in [0.1, 0.15) is 10.7 Å². The van der Waals surface area contributed by atoms with Crippen molar-refractivity contribution in [3.05, 3.63) is 55.3 Å². The second-order valence-corrected chi connectivity index (χ2v) is 15.2. The molecule has 0 saturated carbocycles. The molecule has 1 aromatic carbocycles. The number of anilines is 2. The molecule has 0 unspecified atom stereocenters. The molecule has 2 aliphatic rings. The highest BCUT2D eigenvalue weighted by atomic mass is 35.5. The number of halogens is 3. The number of esters is 1. The SMILES string of the molecule is CCOC(=O)C(C)=C(c1c(Cl)cc(C(=O)Nc2nc(-c3cc(Cl)cs3)c(N3C[C@@H]4CCN(C(=O)O)[C@@H]4C3)s2)cc1Cl)C(C)(C)C. The first-order valence-electron chi connectivity index (χ1n) is 14.4. The summed E-state index contributed by atoms with van der Waals surface area (Å²) in [7, 11) is 0. The number of carbonyl (C=O) groups is 3. The van der Waals surface area contributed by atoms with Gasteiger partial charge in [-0.15, -0.1) is 11.3 Å². The number of carbonyl (C=O) groups excluding carboxylic acids is 2. The van der Waals surface area contributed by atoms with E-state index < -0.39 is 23.4 Å². The number of carboxylic acid groups (broad SMARTS) is 1. The van der Waals surface area contributed by atoms with E-state index in [1.807, 2.05) is 32.2 Å². The summed E-state index contributed by atoms with van der Waals surface area (Å²) < 4.78 is 5.24. The van der Waals surface area contributed by atoms with E-state index >= 15 is 0 Å². The molecule has 0 bridgehead atoms. The molecular weight excluding hydrogens is 679 g/mol. The molecule has 2 saturated heterocycles. The van der Waals surface area contributed by atoms with Crippen LogP contribution in [0.3, 0.4) is 0 Å². The Labute approximate surface area is 284 Å². The number of rotatable bonds is 7. The van der Waals surface area contributed by atoms with Crippen LogP contribution in [0.5, 0.6) is 0 Å². The molecule has 5 rings (SSSR count). The van der Waals surface area contributed by atoms with E-state index in [2.05, 4.69) is 10.2 Å². The van der Waals surface area contributed by atoms with Crippen molar-refractivity contribution in [2.45, 2.75) is 47.1 Å². The Morgan fingerprint density at radius 1 is 1.13 bits per heavy atom. The number of nitrogens with one attached hydrogen (secondary N) is 1. The molecule has 3 aromatic rings. The predicted molar refractivity (Wildman–Crippen MR) is 182 cm³/mol. The maximum atomic E-state index is 13.5. The second kappa shape index (κ2) is 13.1. The van der Waals surface area contributed by atoms with Crippen molar-refractivity contribution < 1.29 is 24.2 Å². The normalized spacial score (nSPS) is 18.6. The van der Waals surface area contributed by atoms with Gasteiger partial charge in [0, 0.05) is 47.6 Å². The molecule has 2 atom stereocenters. The zero-order valence-corrected chi connectivity index (χ0v) is 29.3. The minimum absolute atomic E-state index is 0.0929. The third kappa shape index (κ3) is 6.83. The fourth-order valence-corrected chi connectivity index (χ4v) is 8.92. The summed E-state index contributed by atoms with van der Waals surface area (Å²) in [4.78, 5) is 47.3. The van der Waals surface area contributed by atoms with Crippen LogP contribution in [0.25, 0.3) is 16.1 Å². The molecule has 45 heavy (non-hydrogen) atoms. The highest BCUT2D eigenvalue weighted by molar-refractivity contribution is 7.21. The van der Waals surface area contributed by atoms with Gasteiger partial charge in [0.05, 0.1) is 32.6 Å². The van der Waals surface area contributed by atoms with Gasteiger partial charge in [-0.2, -0.15) is 0 Å². The van der Waals surface area contributed by atoms with Crippen molar-refractivity contribution in [2.24, 2.45) is 11.3 Å². The molecule has 4 heterocycles. The molecular formula is C31H33Cl3N4O5S2. The number of fused-ring (bicyclic) bond motifs is 1. The number of benzene rings is 1. The minimum atomic E-state index is -0.906.